The second kappa shape index (κ2) is 4.73. The van der Waals surface area contributed by atoms with E-state index >= 15 is 0 Å². The number of fused-ring (bicyclic) bond motifs is 1. The zero-order valence-electron chi connectivity index (χ0n) is 9.80. The van der Waals surface area contributed by atoms with Crippen LogP contribution in [0.2, 0.25) is 10.3 Å². The number of hydrogen-bond donors (Lipinski definition) is 1. The van der Waals surface area contributed by atoms with E-state index in [1.165, 1.54) is 12.3 Å². The summed E-state index contributed by atoms with van der Waals surface area (Å²) in [5.41, 5.74) is 1.47. The molecule has 2 aromatic heterocycles. The molecule has 8 heteroatoms. The molecule has 0 radical (unpaired) electrons. The van der Waals surface area contributed by atoms with Crippen LogP contribution < -0.4 is 0 Å². The van der Waals surface area contributed by atoms with Crippen LogP contribution in [-0.2, 0) is 0 Å². The minimum Gasteiger partial charge on any atom is -0.355 e. The maximum atomic E-state index is 11.0. The van der Waals surface area contributed by atoms with Gasteiger partial charge in [0.2, 0.25) is 5.28 Å². The minimum absolute atomic E-state index is 0.00924. The number of nitro benzene ring substituents is 1. The molecule has 0 aliphatic rings. The third-order valence-electron chi connectivity index (χ3n) is 2.86. The molecule has 3 aromatic rings. The average molecular weight is 309 g/mol. The van der Waals surface area contributed by atoms with Crippen LogP contribution in [0.15, 0.2) is 30.6 Å². The van der Waals surface area contributed by atoms with Crippen LogP contribution in [0.25, 0.3) is 22.2 Å². The predicted molar refractivity (Wildman–Crippen MR) is 76.0 cm³/mol. The number of nitrogens with zero attached hydrogens (tertiary/aromatic N) is 3. The molecule has 2 heterocycles. The second-order valence-corrected chi connectivity index (χ2v) is 4.74. The lowest BCUT2D eigenvalue weighted by atomic mass is 10.1. The first-order chi connectivity index (χ1) is 9.58. The Bertz CT molecular complexity index is 831. The number of benzene rings is 1. The van der Waals surface area contributed by atoms with Crippen LogP contribution in [0.4, 0.5) is 5.69 Å². The summed E-state index contributed by atoms with van der Waals surface area (Å²) in [6, 6.07) is 4.78. The highest BCUT2D eigenvalue weighted by Crippen LogP contribution is 2.35. The molecule has 0 aliphatic heterocycles. The molecule has 20 heavy (non-hydrogen) atoms. The molecule has 0 saturated heterocycles. The van der Waals surface area contributed by atoms with Gasteiger partial charge in [-0.1, -0.05) is 23.7 Å². The third kappa shape index (κ3) is 1.99. The number of rotatable bonds is 2. The molecular formula is C12H6Cl2N4O2. The SMILES string of the molecule is O=[N+]([O-])c1cccc2c(-c3nc(Cl)ncc3Cl)c[nH]c12. The molecule has 0 fully saturated rings. The van der Waals surface area contributed by atoms with Crippen LogP contribution in [-0.4, -0.2) is 19.9 Å². The molecule has 100 valence electrons. The average Bonchev–Trinajstić information content (AvgIpc) is 2.85. The number of para-hydroxylation sites is 1. The fourth-order valence-corrected chi connectivity index (χ4v) is 2.35. The van der Waals surface area contributed by atoms with E-state index in [0.29, 0.717) is 27.2 Å². The van der Waals surface area contributed by atoms with Crippen LogP contribution in [0.3, 0.4) is 0 Å². The first-order valence-electron chi connectivity index (χ1n) is 5.51. The Morgan fingerprint density at radius 2 is 2.10 bits per heavy atom. The number of aromatic nitrogens is 3. The van der Waals surface area contributed by atoms with Crippen LogP contribution in [0.1, 0.15) is 0 Å². The number of non-ortho nitro benzene ring substituents is 1. The molecule has 1 aromatic carbocycles. The standard InChI is InChI=1S/C12H6Cl2N4O2/c13-8-5-16-12(14)17-10(8)7-4-15-11-6(7)2-1-3-9(11)18(19)20/h1-5,15H. The number of halogens is 2. The Kier molecular flexibility index (Phi) is 3.04. The zero-order valence-corrected chi connectivity index (χ0v) is 11.3. The van der Waals surface area contributed by atoms with E-state index in [1.807, 2.05) is 0 Å². The van der Waals surface area contributed by atoms with Gasteiger partial charge in [0.05, 0.1) is 21.8 Å². The molecule has 0 saturated carbocycles. The van der Waals surface area contributed by atoms with Gasteiger partial charge in [-0.15, -0.1) is 0 Å². The fourth-order valence-electron chi connectivity index (χ4n) is 2.02. The van der Waals surface area contributed by atoms with Gasteiger partial charge >= 0.3 is 0 Å². The summed E-state index contributed by atoms with van der Waals surface area (Å²) in [6.07, 6.45) is 3.00. The quantitative estimate of drug-likeness (QED) is 0.443. The first kappa shape index (κ1) is 12.8. The molecule has 0 bridgehead atoms. The molecule has 0 amide bonds. The van der Waals surface area contributed by atoms with Crippen molar-refractivity contribution >= 4 is 39.8 Å². The van der Waals surface area contributed by atoms with Crippen LogP contribution >= 0.6 is 23.2 Å². The highest BCUT2D eigenvalue weighted by Gasteiger charge is 2.18. The van der Waals surface area contributed by atoms with Crippen molar-refractivity contribution in [2.45, 2.75) is 0 Å². The van der Waals surface area contributed by atoms with Crippen molar-refractivity contribution in [2.24, 2.45) is 0 Å². The summed E-state index contributed by atoms with van der Waals surface area (Å²) in [4.78, 5) is 21.3. The highest BCUT2D eigenvalue weighted by molar-refractivity contribution is 6.34. The van der Waals surface area contributed by atoms with E-state index in [-0.39, 0.29) is 11.0 Å². The summed E-state index contributed by atoms with van der Waals surface area (Å²) in [5, 5.41) is 12.0. The first-order valence-corrected chi connectivity index (χ1v) is 6.26. The van der Waals surface area contributed by atoms with Gasteiger partial charge in [0.1, 0.15) is 5.52 Å². The number of H-pyrrole nitrogens is 1. The third-order valence-corrected chi connectivity index (χ3v) is 3.32. The maximum absolute atomic E-state index is 11.0. The second-order valence-electron chi connectivity index (χ2n) is 3.99. The van der Waals surface area contributed by atoms with Gasteiger partial charge in [-0.25, -0.2) is 9.97 Å². The topological polar surface area (TPSA) is 84.7 Å². The number of nitro groups is 1. The van der Waals surface area contributed by atoms with Gasteiger partial charge in [-0.2, -0.15) is 0 Å². The van der Waals surface area contributed by atoms with E-state index in [1.54, 1.807) is 18.3 Å². The van der Waals surface area contributed by atoms with Crippen LogP contribution in [0.5, 0.6) is 0 Å². The zero-order chi connectivity index (χ0) is 14.3. The summed E-state index contributed by atoms with van der Waals surface area (Å²) in [6.45, 7) is 0. The molecule has 3 rings (SSSR count). The van der Waals surface area contributed by atoms with Gasteiger partial charge < -0.3 is 4.98 Å². The maximum Gasteiger partial charge on any atom is 0.293 e. The van der Waals surface area contributed by atoms with Gasteiger partial charge in [0.25, 0.3) is 5.69 Å². The lowest BCUT2D eigenvalue weighted by molar-refractivity contribution is -0.383. The van der Waals surface area contributed by atoms with Crippen molar-refractivity contribution in [2.75, 3.05) is 0 Å². The molecule has 6 nitrogen and oxygen atoms in total. The van der Waals surface area contributed by atoms with Crippen molar-refractivity contribution in [3.05, 3.63) is 51.0 Å². The van der Waals surface area contributed by atoms with Crippen molar-refractivity contribution in [1.82, 2.24) is 15.0 Å². The number of aromatic amines is 1. The number of hydrogen-bond acceptors (Lipinski definition) is 4. The fraction of sp³-hybridized carbons (Fsp3) is 0. The summed E-state index contributed by atoms with van der Waals surface area (Å²) >= 11 is 11.8. The summed E-state index contributed by atoms with van der Waals surface area (Å²) in [5.74, 6) is 0. The Hall–Kier alpha value is -2.18. The van der Waals surface area contributed by atoms with E-state index in [2.05, 4.69) is 15.0 Å². The Morgan fingerprint density at radius 3 is 2.85 bits per heavy atom. The molecule has 0 aliphatic carbocycles. The largest absolute Gasteiger partial charge is 0.355 e. The lowest BCUT2D eigenvalue weighted by Gasteiger charge is -2.02. The summed E-state index contributed by atoms with van der Waals surface area (Å²) in [7, 11) is 0. The van der Waals surface area contributed by atoms with E-state index in [9.17, 15) is 10.1 Å². The van der Waals surface area contributed by atoms with Gasteiger partial charge in [-0.05, 0) is 11.6 Å². The molecule has 0 unspecified atom stereocenters. The van der Waals surface area contributed by atoms with Gasteiger partial charge in [0.15, 0.2) is 0 Å². The van der Waals surface area contributed by atoms with Crippen molar-refractivity contribution < 1.29 is 4.92 Å². The molecular weight excluding hydrogens is 303 g/mol. The van der Waals surface area contributed by atoms with E-state index < -0.39 is 4.92 Å². The normalized spacial score (nSPS) is 10.9. The van der Waals surface area contributed by atoms with Crippen molar-refractivity contribution in [1.29, 1.82) is 0 Å². The molecule has 1 N–H and O–H groups in total. The van der Waals surface area contributed by atoms with Crippen LogP contribution in [0, 0.1) is 10.1 Å². The minimum atomic E-state index is -0.447. The Morgan fingerprint density at radius 1 is 1.30 bits per heavy atom. The smallest absolute Gasteiger partial charge is 0.293 e. The van der Waals surface area contributed by atoms with Crippen molar-refractivity contribution in [3.8, 4) is 11.3 Å². The Balaban J connectivity index is 2.31. The Labute approximate surface area is 122 Å². The highest BCUT2D eigenvalue weighted by atomic mass is 35.5. The molecule has 0 spiro atoms. The number of nitrogens with one attached hydrogen (secondary N) is 1. The van der Waals surface area contributed by atoms with E-state index in [4.69, 9.17) is 23.2 Å². The summed E-state index contributed by atoms with van der Waals surface area (Å²) < 4.78 is 0. The van der Waals surface area contributed by atoms with Gasteiger partial charge in [0, 0.05) is 23.2 Å². The molecule has 0 atom stereocenters. The van der Waals surface area contributed by atoms with Crippen molar-refractivity contribution in [3.63, 3.8) is 0 Å². The lowest BCUT2D eigenvalue weighted by Crippen LogP contribution is -1.89. The van der Waals surface area contributed by atoms with Gasteiger partial charge in [-0.3, -0.25) is 10.1 Å². The monoisotopic (exact) mass is 308 g/mol. The predicted octanol–water partition coefficient (Wildman–Crippen LogP) is 3.84. The van der Waals surface area contributed by atoms with E-state index in [0.717, 1.165) is 0 Å².